The number of halogens is 7. The van der Waals surface area contributed by atoms with Crippen LogP contribution in [0.2, 0.25) is 5.02 Å². The molecular formula is C40H44Cl4F3N3O10. The smallest absolute Gasteiger partial charge is 0.416 e. The fourth-order valence-electron chi connectivity index (χ4n) is 4.92. The Hall–Kier alpha value is -4.87. The van der Waals surface area contributed by atoms with Gasteiger partial charge in [0.25, 0.3) is 11.6 Å². The number of amides is 2. The van der Waals surface area contributed by atoms with Crippen LogP contribution in [-0.2, 0) is 47.6 Å². The van der Waals surface area contributed by atoms with E-state index in [4.69, 9.17) is 60.6 Å². The minimum Gasteiger partial charge on any atom is -0.463 e. The number of nitro groups is 1. The summed E-state index contributed by atoms with van der Waals surface area (Å²) in [6.45, 7) is 13.1. The number of alkyl halides is 6. The molecule has 0 heterocycles. The van der Waals surface area contributed by atoms with E-state index in [0.29, 0.717) is 19.2 Å². The van der Waals surface area contributed by atoms with E-state index in [1.807, 2.05) is 18.2 Å². The molecule has 3 aromatic carbocycles. The topological polar surface area (TPSA) is 155 Å². The number of methoxy groups -OCH3 is 1. The fourth-order valence-corrected chi connectivity index (χ4v) is 5.56. The Bertz CT molecular complexity index is 1920. The number of nitro benzene ring substituents is 1. The van der Waals surface area contributed by atoms with Crippen molar-refractivity contribution in [2.75, 3.05) is 50.9 Å². The largest absolute Gasteiger partial charge is 0.463 e. The van der Waals surface area contributed by atoms with E-state index in [0.717, 1.165) is 60.0 Å². The number of hydrogen-bond donors (Lipinski definition) is 0. The number of nitrogens with zero attached hydrogens (tertiary/aromatic N) is 3. The Morgan fingerprint density at radius 2 is 1.53 bits per heavy atom. The average molecular weight is 926 g/mol. The predicted octanol–water partition coefficient (Wildman–Crippen LogP) is 9.76. The van der Waals surface area contributed by atoms with Crippen LogP contribution in [0.3, 0.4) is 0 Å². The lowest BCUT2D eigenvalue weighted by atomic mass is 10.0. The molecule has 0 spiro atoms. The first-order valence-corrected chi connectivity index (χ1v) is 19.5. The Labute approximate surface area is 365 Å². The van der Waals surface area contributed by atoms with Crippen LogP contribution in [0.25, 0.3) is 0 Å². The quantitative estimate of drug-likeness (QED) is 0.0301. The van der Waals surface area contributed by atoms with Crippen molar-refractivity contribution in [3.8, 4) is 11.5 Å². The minimum atomic E-state index is -4.61. The molecular weight excluding hydrogens is 881 g/mol. The first-order chi connectivity index (χ1) is 28.3. The van der Waals surface area contributed by atoms with Gasteiger partial charge in [-0.05, 0) is 55.2 Å². The molecule has 0 radical (unpaired) electrons. The zero-order valence-electron chi connectivity index (χ0n) is 33.1. The zero-order valence-corrected chi connectivity index (χ0v) is 36.1. The number of aryl methyl sites for hydroxylation is 2. The normalized spacial score (nSPS) is 10.5. The van der Waals surface area contributed by atoms with E-state index >= 15 is 0 Å². The van der Waals surface area contributed by atoms with E-state index in [2.05, 4.69) is 31.7 Å². The van der Waals surface area contributed by atoms with Crippen molar-refractivity contribution in [1.29, 1.82) is 0 Å². The first kappa shape index (κ1) is 53.1. The monoisotopic (exact) mass is 923 g/mol. The van der Waals surface area contributed by atoms with Crippen molar-refractivity contribution in [1.82, 2.24) is 4.90 Å². The van der Waals surface area contributed by atoms with Crippen molar-refractivity contribution in [3.05, 3.63) is 117 Å². The van der Waals surface area contributed by atoms with Crippen LogP contribution in [-0.4, -0.2) is 84.4 Å². The van der Waals surface area contributed by atoms with Crippen LogP contribution in [0.4, 0.5) is 24.5 Å². The highest BCUT2D eigenvalue weighted by atomic mass is 35.5. The number of carbonyl (C=O) groups excluding carboxylic acids is 4. The SMILES string of the molecule is C=CCN(CC=C)C(=O)C(Cl)Cl.CCOC(=O)COC(=O)c1cc(Oc2ccc(C(F)(F)F)cc2Cl)ccc1[N+](=O)[O-].CCc1cccc(CC)c1N(COC)C(=O)CCl. The summed E-state index contributed by atoms with van der Waals surface area (Å²) in [4.78, 5) is 59.0. The van der Waals surface area contributed by atoms with Gasteiger partial charge in [-0.3, -0.25) is 24.6 Å². The van der Waals surface area contributed by atoms with Gasteiger partial charge >= 0.3 is 18.1 Å². The van der Waals surface area contributed by atoms with E-state index in [9.17, 15) is 42.5 Å². The predicted molar refractivity (Wildman–Crippen MR) is 224 cm³/mol. The summed E-state index contributed by atoms with van der Waals surface area (Å²) in [5.41, 5.74) is 1.08. The molecule has 328 valence electrons. The van der Waals surface area contributed by atoms with Crippen LogP contribution in [0.15, 0.2) is 79.9 Å². The molecule has 0 saturated carbocycles. The summed E-state index contributed by atoms with van der Waals surface area (Å²) in [6, 6.07) is 11.5. The van der Waals surface area contributed by atoms with Crippen molar-refractivity contribution >= 4 is 81.5 Å². The third-order valence-corrected chi connectivity index (χ3v) is 8.50. The number of ether oxygens (including phenoxy) is 4. The number of anilines is 1. The van der Waals surface area contributed by atoms with Gasteiger partial charge in [0, 0.05) is 32.3 Å². The number of esters is 2. The Morgan fingerprint density at radius 3 is 1.98 bits per heavy atom. The van der Waals surface area contributed by atoms with Gasteiger partial charge in [-0.2, -0.15) is 13.2 Å². The molecule has 3 aromatic rings. The maximum Gasteiger partial charge on any atom is 0.416 e. The average Bonchev–Trinajstić information content (AvgIpc) is 3.21. The highest BCUT2D eigenvalue weighted by molar-refractivity contribution is 6.53. The summed E-state index contributed by atoms with van der Waals surface area (Å²) in [5.74, 6) is -2.84. The molecule has 3 rings (SSSR count). The van der Waals surface area contributed by atoms with E-state index in [1.165, 1.54) is 11.8 Å². The van der Waals surface area contributed by atoms with Gasteiger partial charge in [0.1, 0.15) is 29.7 Å². The zero-order chi connectivity index (χ0) is 45.6. The van der Waals surface area contributed by atoms with Gasteiger partial charge < -0.3 is 23.8 Å². The van der Waals surface area contributed by atoms with E-state index in [1.54, 1.807) is 24.2 Å². The Kier molecular flexibility index (Phi) is 24.0. The lowest BCUT2D eigenvalue weighted by molar-refractivity contribution is -0.385. The van der Waals surface area contributed by atoms with Gasteiger partial charge in [0.15, 0.2) is 11.4 Å². The number of rotatable bonds is 18. The molecule has 13 nitrogen and oxygen atoms in total. The minimum absolute atomic E-state index is 0.0371. The van der Waals surface area contributed by atoms with Crippen LogP contribution in [0, 0.1) is 10.1 Å². The molecule has 60 heavy (non-hydrogen) atoms. The summed E-state index contributed by atoms with van der Waals surface area (Å²) in [6.07, 6.45) is 0.360. The van der Waals surface area contributed by atoms with E-state index < -0.39 is 51.3 Å². The Balaban J connectivity index is 0.000000507. The third-order valence-electron chi connectivity index (χ3n) is 7.60. The molecule has 20 heteroatoms. The number of para-hydroxylation sites is 1. The summed E-state index contributed by atoms with van der Waals surface area (Å²) < 4.78 is 57.9. The fraction of sp³-hybridized carbons (Fsp3) is 0.350. The van der Waals surface area contributed by atoms with Gasteiger partial charge in [0.05, 0.1) is 27.8 Å². The Morgan fingerprint density at radius 1 is 0.933 bits per heavy atom. The molecule has 0 fully saturated rings. The van der Waals surface area contributed by atoms with Crippen LogP contribution in [0.1, 0.15) is 47.8 Å². The molecule has 0 unspecified atom stereocenters. The van der Waals surface area contributed by atoms with Gasteiger partial charge in [-0.25, -0.2) is 9.59 Å². The molecule has 0 N–H and O–H groups in total. The number of hydrogen-bond acceptors (Lipinski definition) is 10. The second kappa shape index (κ2) is 27.1. The van der Waals surface area contributed by atoms with Gasteiger partial charge in [-0.15, -0.1) is 24.8 Å². The molecule has 0 saturated heterocycles. The van der Waals surface area contributed by atoms with E-state index in [-0.39, 0.29) is 47.6 Å². The lowest BCUT2D eigenvalue weighted by Gasteiger charge is -2.26. The second-order valence-corrected chi connectivity index (χ2v) is 13.5. The standard InChI is InChI=1S/C18H13ClF3NO7.C14H20ClNO2.C8H11Cl2NO/c1-2-28-16(24)9-29-17(25)12-8-11(4-5-14(12)23(26)27)30-15-6-3-10(7-13(15)19)18(20,21)22;1-4-11-7-6-8-12(5-2)14(11)16(10-18-3)13(17)9-15;1-3-5-11(6-4-2)8(12)7(9)10/h3-8H,2,9H2,1H3;6-8H,4-5,9-10H2,1-3H3;3-4,7H,1-2,5-6H2. The highest BCUT2D eigenvalue weighted by Crippen LogP contribution is 2.37. The molecule has 0 aliphatic carbocycles. The van der Waals surface area contributed by atoms with Crippen molar-refractivity contribution in [2.45, 2.75) is 44.6 Å². The third kappa shape index (κ3) is 17.0. The molecule has 0 aromatic heterocycles. The van der Waals surface area contributed by atoms with Crippen molar-refractivity contribution in [3.63, 3.8) is 0 Å². The first-order valence-electron chi connectivity index (χ1n) is 17.8. The summed E-state index contributed by atoms with van der Waals surface area (Å²) in [5, 5.41) is 10.8. The maximum atomic E-state index is 12.7. The van der Waals surface area contributed by atoms with Crippen LogP contribution >= 0.6 is 46.4 Å². The number of carbonyl (C=O) groups is 4. The molecule has 0 aliphatic heterocycles. The molecule has 0 bridgehead atoms. The molecule has 2 amide bonds. The van der Waals surface area contributed by atoms with Crippen LogP contribution in [0.5, 0.6) is 11.5 Å². The summed E-state index contributed by atoms with van der Waals surface area (Å²) in [7, 11) is 1.58. The second-order valence-electron chi connectivity index (χ2n) is 11.7. The van der Waals surface area contributed by atoms with Gasteiger partial charge in [0.2, 0.25) is 5.91 Å². The number of benzene rings is 3. The van der Waals surface area contributed by atoms with Crippen molar-refractivity contribution < 1.29 is 56.2 Å². The van der Waals surface area contributed by atoms with Crippen molar-refractivity contribution in [2.24, 2.45) is 0 Å². The lowest BCUT2D eigenvalue weighted by Crippen LogP contribution is -2.35. The molecule has 0 aliphatic rings. The summed E-state index contributed by atoms with van der Waals surface area (Å²) >= 11 is 22.3. The maximum absolute atomic E-state index is 12.7. The van der Waals surface area contributed by atoms with Crippen LogP contribution < -0.4 is 9.64 Å². The molecule has 0 atom stereocenters. The highest BCUT2D eigenvalue weighted by Gasteiger charge is 2.31. The van der Waals surface area contributed by atoms with Gasteiger partial charge in [-0.1, -0.05) is 79.0 Å².